The highest BCUT2D eigenvalue weighted by molar-refractivity contribution is 5.96. The van der Waals surface area contributed by atoms with Crippen LogP contribution in [0.5, 0.6) is 5.75 Å². The molecule has 2 amide bonds. The number of hydrogen-bond donors (Lipinski definition) is 2. The van der Waals surface area contributed by atoms with Crippen molar-refractivity contribution in [3.63, 3.8) is 0 Å². The van der Waals surface area contributed by atoms with Crippen molar-refractivity contribution in [3.8, 4) is 5.75 Å². The third-order valence-corrected chi connectivity index (χ3v) is 6.30. The molecule has 2 heterocycles. The molecule has 0 unspecified atom stereocenters. The van der Waals surface area contributed by atoms with E-state index >= 15 is 0 Å². The number of nitrogens with zero attached hydrogens (tertiary/aromatic N) is 1. The summed E-state index contributed by atoms with van der Waals surface area (Å²) in [5.41, 5.74) is 2.69. The van der Waals surface area contributed by atoms with Crippen molar-refractivity contribution in [2.75, 3.05) is 19.5 Å². The Morgan fingerprint density at radius 1 is 1.23 bits per heavy atom. The van der Waals surface area contributed by atoms with Crippen LogP contribution in [0.15, 0.2) is 30.5 Å². The summed E-state index contributed by atoms with van der Waals surface area (Å²) in [6, 6.07) is 4.96. The lowest BCUT2D eigenvalue weighted by Gasteiger charge is -2.32. The number of primary amides is 1. The first kappa shape index (κ1) is 26.4. The van der Waals surface area contributed by atoms with E-state index in [1.807, 2.05) is 0 Å². The molecule has 3 N–H and O–H groups in total. The van der Waals surface area contributed by atoms with Crippen molar-refractivity contribution >= 4 is 17.5 Å². The van der Waals surface area contributed by atoms with Crippen LogP contribution >= 0.6 is 0 Å². The molecule has 0 spiro atoms. The Balaban J connectivity index is 2.07. The van der Waals surface area contributed by atoms with E-state index < -0.39 is 47.3 Å². The van der Waals surface area contributed by atoms with Crippen LogP contribution in [-0.4, -0.2) is 48.9 Å². The fourth-order valence-corrected chi connectivity index (χ4v) is 4.25. The van der Waals surface area contributed by atoms with Crippen molar-refractivity contribution in [1.82, 2.24) is 4.98 Å². The number of alkyl halides is 3. The highest BCUT2D eigenvalue weighted by atomic mass is 19.4. The van der Waals surface area contributed by atoms with Gasteiger partial charge in [-0.05, 0) is 25.1 Å². The van der Waals surface area contributed by atoms with Crippen molar-refractivity contribution in [1.29, 1.82) is 0 Å². The molecular weight excluding hydrogens is 474 g/mol. The van der Waals surface area contributed by atoms with E-state index in [4.69, 9.17) is 19.9 Å². The molecule has 1 aromatic heterocycles. The third-order valence-electron chi connectivity index (χ3n) is 6.30. The van der Waals surface area contributed by atoms with E-state index in [2.05, 4.69) is 10.3 Å². The number of carbonyl (C=O) groups excluding carboxylic acids is 2. The van der Waals surface area contributed by atoms with Gasteiger partial charge in [-0.3, -0.25) is 9.59 Å². The lowest BCUT2D eigenvalue weighted by Crippen LogP contribution is -2.47. The Labute approximate surface area is 198 Å². The molecule has 190 valence electrons. The normalized spacial score (nSPS) is 24.3. The summed E-state index contributed by atoms with van der Waals surface area (Å²) in [7, 11) is 2.59. The first-order chi connectivity index (χ1) is 16.4. The largest absolute Gasteiger partial charge is 0.496 e. The number of anilines is 1. The molecule has 0 saturated carbocycles. The zero-order chi connectivity index (χ0) is 26.1. The van der Waals surface area contributed by atoms with Crippen LogP contribution in [0.3, 0.4) is 0 Å². The standard InChI is InChI=1S/C23H25F4N3O5/c1-11-17(13-6-7-15(24)14(10-33-3)18(13)34-4)19(35-22(11,2)23(25,26)27)21(32)30-12-5-8-16(20(28)31)29-9-12/h5-9,11,17,19H,10H2,1-4H3,(H2,28,31)(H,30,32)/t11-,17-,19+,22+/m1/s1. The molecule has 4 atom stereocenters. The molecule has 12 heteroatoms. The lowest BCUT2D eigenvalue weighted by atomic mass is 9.76. The van der Waals surface area contributed by atoms with Gasteiger partial charge in [-0.15, -0.1) is 0 Å². The average Bonchev–Trinajstić information content (AvgIpc) is 3.07. The van der Waals surface area contributed by atoms with Crippen LogP contribution in [-0.2, 0) is 20.9 Å². The van der Waals surface area contributed by atoms with Gasteiger partial charge in [0.05, 0.1) is 31.2 Å². The Morgan fingerprint density at radius 3 is 2.43 bits per heavy atom. The summed E-state index contributed by atoms with van der Waals surface area (Å²) in [4.78, 5) is 28.2. The number of aromatic nitrogens is 1. The van der Waals surface area contributed by atoms with Crippen LogP contribution in [0.4, 0.5) is 23.2 Å². The molecule has 0 aliphatic carbocycles. The van der Waals surface area contributed by atoms with Crippen molar-refractivity contribution in [3.05, 3.63) is 53.1 Å². The number of amides is 2. The van der Waals surface area contributed by atoms with Crippen LogP contribution in [0.2, 0.25) is 0 Å². The van der Waals surface area contributed by atoms with Gasteiger partial charge in [-0.2, -0.15) is 13.2 Å². The van der Waals surface area contributed by atoms with Crippen LogP contribution in [0.1, 0.15) is 41.4 Å². The topological polar surface area (TPSA) is 113 Å². The predicted molar refractivity (Wildman–Crippen MR) is 116 cm³/mol. The number of rotatable bonds is 7. The van der Waals surface area contributed by atoms with E-state index in [1.165, 1.54) is 39.3 Å². The molecule has 35 heavy (non-hydrogen) atoms. The van der Waals surface area contributed by atoms with Gasteiger partial charge in [0.1, 0.15) is 23.4 Å². The predicted octanol–water partition coefficient (Wildman–Crippen LogP) is 3.55. The van der Waals surface area contributed by atoms with E-state index in [0.29, 0.717) is 0 Å². The summed E-state index contributed by atoms with van der Waals surface area (Å²) in [6.45, 7) is 1.98. The molecule has 1 aliphatic heterocycles. The number of ether oxygens (including phenoxy) is 3. The molecule has 0 bridgehead atoms. The summed E-state index contributed by atoms with van der Waals surface area (Å²) in [5, 5.41) is 2.46. The molecule has 2 aromatic rings. The van der Waals surface area contributed by atoms with E-state index in [9.17, 15) is 27.2 Å². The average molecular weight is 499 g/mol. The van der Waals surface area contributed by atoms with Crippen LogP contribution in [0, 0.1) is 11.7 Å². The van der Waals surface area contributed by atoms with Gasteiger partial charge < -0.3 is 25.3 Å². The zero-order valence-electron chi connectivity index (χ0n) is 19.4. The minimum atomic E-state index is -4.81. The summed E-state index contributed by atoms with van der Waals surface area (Å²) < 4.78 is 72.5. The minimum Gasteiger partial charge on any atom is -0.496 e. The maximum Gasteiger partial charge on any atom is 0.417 e. The zero-order valence-corrected chi connectivity index (χ0v) is 19.4. The maximum absolute atomic E-state index is 14.5. The quantitative estimate of drug-likeness (QED) is 0.564. The Bertz CT molecular complexity index is 1110. The first-order valence-electron chi connectivity index (χ1n) is 10.5. The summed E-state index contributed by atoms with van der Waals surface area (Å²) in [6.07, 6.45) is -5.29. The van der Waals surface area contributed by atoms with Gasteiger partial charge in [0.15, 0.2) is 5.60 Å². The molecular formula is C23H25F4N3O5. The molecule has 1 saturated heterocycles. The van der Waals surface area contributed by atoms with Gasteiger partial charge >= 0.3 is 6.18 Å². The molecule has 1 aliphatic rings. The number of halogens is 4. The van der Waals surface area contributed by atoms with Crippen LogP contribution in [0.25, 0.3) is 0 Å². The van der Waals surface area contributed by atoms with Crippen LogP contribution < -0.4 is 15.8 Å². The number of pyridine rings is 1. The lowest BCUT2D eigenvalue weighted by molar-refractivity contribution is -0.272. The molecule has 3 rings (SSSR count). The molecule has 0 radical (unpaired) electrons. The second-order valence-electron chi connectivity index (χ2n) is 8.32. The van der Waals surface area contributed by atoms with E-state index in [1.54, 1.807) is 0 Å². The monoisotopic (exact) mass is 499 g/mol. The summed E-state index contributed by atoms with van der Waals surface area (Å²) in [5.74, 6) is -4.78. The van der Waals surface area contributed by atoms with Gasteiger partial charge in [-0.1, -0.05) is 13.0 Å². The van der Waals surface area contributed by atoms with Gasteiger partial charge in [0, 0.05) is 24.5 Å². The molecule has 1 aromatic carbocycles. The van der Waals surface area contributed by atoms with Gasteiger partial charge in [0.2, 0.25) is 0 Å². The van der Waals surface area contributed by atoms with E-state index in [-0.39, 0.29) is 34.9 Å². The van der Waals surface area contributed by atoms with Gasteiger partial charge in [-0.25, -0.2) is 9.37 Å². The van der Waals surface area contributed by atoms with Gasteiger partial charge in [0.25, 0.3) is 11.8 Å². The van der Waals surface area contributed by atoms with Crippen molar-refractivity contribution < 1.29 is 41.4 Å². The maximum atomic E-state index is 14.5. The number of methoxy groups -OCH3 is 2. The smallest absolute Gasteiger partial charge is 0.417 e. The number of carbonyl (C=O) groups is 2. The fourth-order valence-electron chi connectivity index (χ4n) is 4.25. The molecule has 8 nitrogen and oxygen atoms in total. The highest BCUT2D eigenvalue weighted by Gasteiger charge is 2.65. The minimum absolute atomic E-state index is 0.00529. The first-order valence-corrected chi connectivity index (χ1v) is 10.5. The van der Waals surface area contributed by atoms with Crippen molar-refractivity contribution in [2.45, 2.75) is 44.3 Å². The summed E-state index contributed by atoms with van der Waals surface area (Å²) >= 11 is 0. The third kappa shape index (κ3) is 4.80. The Kier molecular flexibility index (Phi) is 7.37. The second kappa shape index (κ2) is 9.78. The SMILES string of the molecule is COCc1c(F)ccc([C@@H]2[C@@H](C(=O)Nc3ccc(C(N)=O)nc3)O[C@](C)(C(F)(F)F)[C@@H]2C)c1OC. The van der Waals surface area contributed by atoms with Crippen molar-refractivity contribution in [2.24, 2.45) is 11.7 Å². The fraction of sp³-hybridized carbons (Fsp3) is 0.435. The number of benzene rings is 1. The molecule has 1 fully saturated rings. The Hall–Kier alpha value is -3.25. The second-order valence-corrected chi connectivity index (χ2v) is 8.32. The van der Waals surface area contributed by atoms with E-state index in [0.717, 1.165) is 19.2 Å². The number of hydrogen-bond acceptors (Lipinski definition) is 6. The number of nitrogens with one attached hydrogen (secondary N) is 1. The Morgan fingerprint density at radius 2 is 1.91 bits per heavy atom. The highest BCUT2D eigenvalue weighted by Crippen LogP contribution is 2.55. The number of nitrogens with two attached hydrogens (primary N) is 1.